The van der Waals surface area contributed by atoms with E-state index in [2.05, 4.69) is 0 Å². The molecule has 0 aromatic carbocycles. The van der Waals surface area contributed by atoms with Gasteiger partial charge in [0.2, 0.25) is 5.79 Å². The number of ketones is 1. The summed E-state index contributed by atoms with van der Waals surface area (Å²) < 4.78 is 11.0. The molecule has 1 unspecified atom stereocenters. The second-order valence-corrected chi connectivity index (χ2v) is 7.27. The maximum Gasteiger partial charge on any atom is 0.295 e. The van der Waals surface area contributed by atoms with Gasteiger partial charge in [0.15, 0.2) is 5.78 Å². The smallest absolute Gasteiger partial charge is 0.295 e. The lowest BCUT2D eigenvalue weighted by Gasteiger charge is -2.60. The van der Waals surface area contributed by atoms with E-state index in [1.165, 1.54) is 6.08 Å². The SMILES string of the molecule is CCO[C@H]1CCC(C)(C)C2C(=O)C=C(C)[C@](O)(OC=O)[C@]21C. The zero-order valence-electron chi connectivity index (χ0n) is 14.0. The molecule has 0 aromatic heterocycles. The first-order chi connectivity index (χ1) is 10.1. The summed E-state index contributed by atoms with van der Waals surface area (Å²) in [6.45, 7) is 10.1. The van der Waals surface area contributed by atoms with Crippen LogP contribution in [0.25, 0.3) is 0 Å². The number of hydrogen-bond donors (Lipinski definition) is 1. The molecule has 4 atom stereocenters. The number of carbonyl (C=O) groups excluding carboxylic acids is 2. The van der Waals surface area contributed by atoms with Crippen LogP contribution in [0.15, 0.2) is 11.6 Å². The largest absolute Gasteiger partial charge is 0.431 e. The Morgan fingerprint density at radius 1 is 1.41 bits per heavy atom. The first-order valence-corrected chi connectivity index (χ1v) is 7.83. The van der Waals surface area contributed by atoms with Gasteiger partial charge in [0.1, 0.15) is 0 Å². The maximum absolute atomic E-state index is 12.7. The fourth-order valence-corrected chi connectivity index (χ4v) is 4.61. The van der Waals surface area contributed by atoms with Gasteiger partial charge in [-0.3, -0.25) is 9.59 Å². The van der Waals surface area contributed by atoms with Gasteiger partial charge in [-0.25, -0.2) is 0 Å². The van der Waals surface area contributed by atoms with Crippen molar-refractivity contribution in [2.75, 3.05) is 6.61 Å². The van der Waals surface area contributed by atoms with Gasteiger partial charge in [0, 0.05) is 18.1 Å². The molecule has 0 aromatic rings. The molecule has 0 radical (unpaired) electrons. The molecule has 1 saturated carbocycles. The van der Waals surface area contributed by atoms with Crippen molar-refractivity contribution in [3.8, 4) is 0 Å². The molecule has 0 amide bonds. The minimum atomic E-state index is -1.83. The van der Waals surface area contributed by atoms with Gasteiger partial charge in [-0.1, -0.05) is 13.8 Å². The van der Waals surface area contributed by atoms with E-state index in [0.29, 0.717) is 18.6 Å². The average molecular weight is 310 g/mol. The Balaban J connectivity index is 2.67. The van der Waals surface area contributed by atoms with E-state index in [0.717, 1.165) is 6.42 Å². The predicted molar refractivity (Wildman–Crippen MR) is 80.9 cm³/mol. The van der Waals surface area contributed by atoms with Crippen molar-refractivity contribution >= 4 is 12.3 Å². The summed E-state index contributed by atoms with van der Waals surface area (Å²) in [5.74, 6) is -2.34. The highest BCUT2D eigenvalue weighted by Crippen LogP contribution is 2.60. The summed E-state index contributed by atoms with van der Waals surface area (Å²) in [6, 6.07) is 0. The summed E-state index contributed by atoms with van der Waals surface area (Å²) >= 11 is 0. The highest BCUT2D eigenvalue weighted by atomic mass is 16.6. The Hall–Kier alpha value is -1.20. The number of aliphatic hydroxyl groups is 1. The molecule has 5 heteroatoms. The van der Waals surface area contributed by atoms with Crippen molar-refractivity contribution in [3.05, 3.63) is 11.6 Å². The van der Waals surface area contributed by atoms with Crippen LogP contribution in [0.1, 0.15) is 47.5 Å². The second kappa shape index (κ2) is 5.46. The molecule has 0 spiro atoms. The fraction of sp³-hybridized carbons (Fsp3) is 0.765. The van der Waals surface area contributed by atoms with Crippen LogP contribution >= 0.6 is 0 Å². The van der Waals surface area contributed by atoms with Crippen LogP contribution in [0.3, 0.4) is 0 Å². The van der Waals surface area contributed by atoms with E-state index in [1.54, 1.807) is 13.8 Å². The molecule has 2 aliphatic carbocycles. The van der Waals surface area contributed by atoms with Gasteiger partial charge >= 0.3 is 0 Å². The highest BCUT2D eigenvalue weighted by molar-refractivity contribution is 5.95. The van der Waals surface area contributed by atoms with Gasteiger partial charge in [-0.05, 0) is 45.1 Å². The van der Waals surface area contributed by atoms with Crippen LogP contribution in [0.5, 0.6) is 0 Å². The van der Waals surface area contributed by atoms with Gasteiger partial charge < -0.3 is 14.6 Å². The maximum atomic E-state index is 12.7. The monoisotopic (exact) mass is 310 g/mol. The molecule has 1 N–H and O–H groups in total. The number of fused-ring (bicyclic) bond motifs is 1. The van der Waals surface area contributed by atoms with E-state index in [4.69, 9.17) is 9.47 Å². The quantitative estimate of drug-likeness (QED) is 0.637. The molecule has 1 fully saturated rings. The average Bonchev–Trinajstić information content (AvgIpc) is 2.40. The van der Waals surface area contributed by atoms with Crippen molar-refractivity contribution in [1.82, 2.24) is 0 Å². The Bertz CT molecular complexity index is 509. The Labute approximate surface area is 131 Å². The third-order valence-electron chi connectivity index (χ3n) is 5.60. The minimum Gasteiger partial charge on any atom is -0.431 e. The number of hydrogen-bond acceptors (Lipinski definition) is 5. The van der Waals surface area contributed by atoms with Gasteiger partial charge in [-0.2, -0.15) is 0 Å². The number of rotatable bonds is 4. The number of allylic oxidation sites excluding steroid dienone is 1. The van der Waals surface area contributed by atoms with Crippen molar-refractivity contribution in [1.29, 1.82) is 0 Å². The molecule has 0 aliphatic heterocycles. The molecule has 124 valence electrons. The normalized spacial score (nSPS) is 40.6. The second-order valence-electron chi connectivity index (χ2n) is 7.27. The van der Waals surface area contributed by atoms with Crippen molar-refractivity contribution in [3.63, 3.8) is 0 Å². The minimum absolute atomic E-state index is 0.0337. The summed E-state index contributed by atoms with van der Waals surface area (Å²) in [6.07, 6.45) is 2.58. The molecular weight excluding hydrogens is 284 g/mol. The summed E-state index contributed by atoms with van der Waals surface area (Å²) in [5.41, 5.74) is -0.968. The van der Waals surface area contributed by atoms with Crippen molar-refractivity contribution in [2.24, 2.45) is 16.7 Å². The molecule has 0 bridgehead atoms. The fourth-order valence-electron chi connectivity index (χ4n) is 4.61. The molecule has 5 nitrogen and oxygen atoms in total. The van der Waals surface area contributed by atoms with Crippen LogP contribution in [0, 0.1) is 16.7 Å². The van der Waals surface area contributed by atoms with E-state index < -0.39 is 17.1 Å². The standard InChI is InChI=1S/C17H26O5/c1-6-21-13-7-8-15(3,4)14-12(19)9-11(2)17(20,22-10-18)16(13,14)5/h9-10,13-14,20H,6-8H2,1-5H3/t13-,14?,16-,17-/m0/s1. The van der Waals surface area contributed by atoms with Crippen molar-refractivity contribution < 1.29 is 24.2 Å². The summed E-state index contributed by atoms with van der Waals surface area (Å²) in [4.78, 5) is 23.7. The zero-order chi connectivity index (χ0) is 16.8. The molecule has 2 aliphatic rings. The number of ether oxygens (including phenoxy) is 2. The van der Waals surface area contributed by atoms with Crippen LogP contribution < -0.4 is 0 Å². The Kier molecular flexibility index (Phi) is 4.26. The summed E-state index contributed by atoms with van der Waals surface area (Å²) in [5, 5.41) is 11.2. The first-order valence-electron chi connectivity index (χ1n) is 7.83. The predicted octanol–water partition coefficient (Wildman–Crippen LogP) is 2.22. The third kappa shape index (κ3) is 2.14. The van der Waals surface area contributed by atoms with Crippen LogP contribution in [-0.2, 0) is 19.1 Å². The van der Waals surface area contributed by atoms with Gasteiger partial charge in [-0.15, -0.1) is 0 Å². The van der Waals surface area contributed by atoms with E-state index >= 15 is 0 Å². The topological polar surface area (TPSA) is 72.8 Å². The molecule has 2 rings (SSSR count). The lowest BCUT2D eigenvalue weighted by Crippen LogP contribution is -2.68. The van der Waals surface area contributed by atoms with Gasteiger partial charge in [0.05, 0.1) is 11.5 Å². The van der Waals surface area contributed by atoms with Crippen molar-refractivity contribution in [2.45, 2.75) is 59.4 Å². The van der Waals surface area contributed by atoms with E-state index in [9.17, 15) is 14.7 Å². The molecule has 22 heavy (non-hydrogen) atoms. The van der Waals surface area contributed by atoms with Crippen LogP contribution in [0.2, 0.25) is 0 Å². The lowest BCUT2D eigenvalue weighted by molar-refractivity contribution is -0.290. The first kappa shape index (κ1) is 17.2. The van der Waals surface area contributed by atoms with E-state index in [-0.39, 0.29) is 23.8 Å². The van der Waals surface area contributed by atoms with Crippen LogP contribution in [-0.4, -0.2) is 35.9 Å². The Morgan fingerprint density at radius 3 is 2.59 bits per heavy atom. The van der Waals surface area contributed by atoms with E-state index in [1.807, 2.05) is 20.8 Å². The lowest BCUT2D eigenvalue weighted by atomic mass is 9.48. The Morgan fingerprint density at radius 2 is 2.05 bits per heavy atom. The molecule has 0 heterocycles. The summed E-state index contributed by atoms with van der Waals surface area (Å²) in [7, 11) is 0. The zero-order valence-corrected chi connectivity index (χ0v) is 14.0. The third-order valence-corrected chi connectivity index (χ3v) is 5.60. The van der Waals surface area contributed by atoms with Crippen LogP contribution in [0.4, 0.5) is 0 Å². The van der Waals surface area contributed by atoms with Gasteiger partial charge in [0.25, 0.3) is 6.47 Å². The highest BCUT2D eigenvalue weighted by Gasteiger charge is 2.68. The molecule has 0 saturated heterocycles. The molecular formula is C17H26O5. The number of carbonyl (C=O) groups is 2.